The van der Waals surface area contributed by atoms with Crippen LogP contribution in [-0.2, 0) is 6.54 Å². The van der Waals surface area contributed by atoms with Crippen LogP contribution in [0, 0.1) is 0 Å². The number of hydrogen-bond donors (Lipinski definition) is 1. The van der Waals surface area contributed by atoms with Gasteiger partial charge in [-0.2, -0.15) is 0 Å². The van der Waals surface area contributed by atoms with E-state index in [1.165, 1.54) is 12.0 Å². The lowest BCUT2D eigenvalue weighted by Gasteiger charge is -2.36. The van der Waals surface area contributed by atoms with Crippen LogP contribution in [-0.4, -0.2) is 120 Å². The van der Waals surface area contributed by atoms with E-state index < -0.39 is 0 Å². The van der Waals surface area contributed by atoms with Crippen molar-refractivity contribution in [1.82, 2.24) is 24.6 Å². The number of aliphatic hydroxyl groups excluding tert-OH is 1. The van der Waals surface area contributed by atoms with Crippen LogP contribution in [0.5, 0.6) is 0 Å². The minimum atomic E-state index is -0.344. The molecule has 3 heterocycles. The molecule has 1 amide bonds. The molecule has 2 saturated heterocycles. The fourth-order valence-corrected chi connectivity index (χ4v) is 4.67. The molecule has 0 radical (unpaired) electrons. The van der Waals surface area contributed by atoms with Crippen molar-refractivity contribution in [3.8, 4) is 0 Å². The average molecular weight is 485 g/mol. The van der Waals surface area contributed by atoms with E-state index in [-0.39, 0.29) is 12.0 Å². The van der Waals surface area contributed by atoms with Gasteiger partial charge < -0.3 is 24.2 Å². The summed E-state index contributed by atoms with van der Waals surface area (Å²) >= 11 is 0. The molecule has 9 nitrogen and oxygen atoms in total. The fraction of sp³-hybridized carbons (Fsp3) is 0.615. The van der Waals surface area contributed by atoms with Crippen molar-refractivity contribution < 1.29 is 14.3 Å². The number of oxazole rings is 1. The smallest absolute Gasteiger partial charge is 0.275 e. The van der Waals surface area contributed by atoms with Crippen LogP contribution in [0.1, 0.15) is 30.2 Å². The summed E-state index contributed by atoms with van der Waals surface area (Å²) in [4.78, 5) is 28.4. The van der Waals surface area contributed by atoms with Gasteiger partial charge in [0.05, 0.1) is 12.6 Å². The predicted molar refractivity (Wildman–Crippen MR) is 137 cm³/mol. The van der Waals surface area contributed by atoms with E-state index in [1.54, 1.807) is 0 Å². The normalized spacial score (nSPS) is 19.0. The second-order valence-electron chi connectivity index (χ2n) is 10.0. The summed E-state index contributed by atoms with van der Waals surface area (Å²) in [5, 5.41) is 10.4. The largest absolute Gasteiger partial charge is 0.447 e. The Morgan fingerprint density at radius 2 is 1.69 bits per heavy atom. The Morgan fingerprint density at radius 1 is 1.03 bits per heavy atom. The first kappa shape index (κ1) is 25.6. The van der Waals surface area contributed by atoms with Crippen LogP contribution in [0.25, 0.3) is 0 Å². The summed E-state index contributed by atoms with van der Waals surface area (Å²) < 4.78 is 5.66. The SMILES string of the molecule is CC(C)N(C)CC(O)CN1CCN(Cc2nc(C(=O)N3CCN(c4ccccc4)CC3)co2)CC1. The Labute approximate surface area is 208 Å². The van der Waals surface area contributed by atoms with E-state index in [1.807, 2.05) is 30.1 Å². The number of benzene rings is 1. The fourth-order valence-electron chi connectivity index (χ4n) is 4.67. The maximum Gasteiger partial charge on any atom is 0.275 e. The molecule has 2 aliphatic rings. The molecule has 0 spiro atoms. The molecule has 0 bridgehead atoms. The molecular weight excluding hydrogens is 444 g/mol. The van der Waals surface area contributed by atoms with Crippen LogP contribution in [0.15, 0.2) is 41.0 Å². The van der Waals surface area contributed by atoms with E-state index in [0.29, 0.717) is 50.4 Å². The number of carbonyl (C=O) groups is 1. The summed E-state index contributed by atoms with van der Waals surface area (Å²) in [6.45, 7) is 12.8. The average Bonchev–Trinajstić information content (AvgIpc) is 3.34. The summed E-state index contributed by atoms with van der Waals surface area (Å²) in [5.74, 6) is 0.529. The molecule has 0 aliphatic carbocycles. The molecule has 1 unspecified atom stereocenters. The van der Waals surface area contributed by atoms with Crippen molar-refractivity contribution in [2.24, 2.45) is 0 Å². The summed E-state index contributed by atoms with van der Waals surface area (Å²) in [6.07, 6.45) is 1.16. The molecule has 2 aliphatic heterocycles. The zero-order valence-electron chi connectivity index (χ0n) is 21.3. The first-order valence-electron chi connectivity index (χ1n) is 12.8. The van der Waals surface area contributed by atoms with Gasteiger partial charge in [0, 0.05) is 77.2 Å². The van der Waals surface area contributed by atoms with Crippen molar-refractivity contribution in [3.05, 3.63) is 48.2 Å². The number of nitrogens with zero attached hydrogens (tertiary/aromatic N) is 6. The Hall–Kier alpha value is -2.46. The van der Waals surface area contributed by atoms with Gasteiger partial charge >= 0.3 is 0 Å². The van der Waals surface area contributed by atoms with Crippen molar-refractivity contribution in [2.45, 2.75) is 32.5 Å². The van der Waals surface area contributed by atoms with Crippen LogP contribution in [0.4, 0.5) is 5.69 Å². The Bertz CT molecular complexity index is 920. The lowest BCUT2D eigenvalue weighted by molar-refractivity contribution is 0.0469. The Morgan fingerprint density at radius 3 is 2.34 bits per heavy atom. The number of hydrogen-bond acceptors (Lipinski definition) is 8. The quantitative estimate of drug-likeness (QED) is 0.573. The first-order valence-corrected chi connectivity index (χ1v) is 12.8. The second kappa shape index (κ2) is 12.0. The summed E-state index contributed by atoms with van der Waals surface area (Å²) in [5.41, 5.74) is 1.59. The third-order valence-corrected chi connectivity index (χ3v) is 7.13. The van der Waals surface area contributed by atoms with E-state index in [9.17, 15) is 9.90 Å². The number of para-hydroxylation sites is 1. The van der Waals surface area contributed by atoms with Gasteiger partial charge in [-0.25, -0.2) is 4.98 Å². The number of aromatic nitrogens is 1. The van der Waals surface area contributed by atoms with E-state index >= 15 is 0 Å². The predicted octanol–water partition coefficient (Wildman–Crippen LogP) is 1.46. The van der Waals surface area contributed by atoms with Crippen molar-refractivity contribution in [2.75, 3.05) is 77.4 Å². The van der Waals surface area contributed by atoms with Gasteiger partial charge in [-0.1, -0.05) is 18.2 Å². The third kappa shape index (κ3) is 7.04. The number of anilines is 1. The zero-order valence-corrected chi connectivity index (χ0v) is 21.3. The molecule has 0 saturated carbocycles. The Kier molecular flexibility index (Phi) is 8.78. The maximum absolute atomic E-state index is 12.9. The van der Waals surface area contributed by atoms with E-state index in [2.05, 4.69) is 50.6 Å². The lowest BCUT2D eigenvalue weighted by Crippen LogP contribution is -2.49. The van der Waals surface area contributed by atoms with Gasteiger partial charge in [0.25, 0.3) is 5.91 Å². The highest BCUT2D eigenvalue weighted by atomic mass is 16.3. The highest BCUT2D eigenvalue weighted by molar-refractivity contribution is 5.92. The first-order chi connectivity index (χ1) is 16.9. The van der Waals surface area contributed by atoms with Crippen LogP contribution < -0.4 is 4.90 Å². The molecule has 192 valence electrons. The molecule has 1 aromatic heterocycles. The Balaban J connectivity index is 1.19. The van der Waals surface area contributed by atoms with Gasteiger partial charge in [0.1, 0.15) is 6.26 Å². The van der Waals surface area contributed by atoms with Gasteiger partial charge in [-0.3, -0.25) is 14.6 Å². The standard InChI is InChI=1S/C26H40N6O3/c1-21(2)28(3)17-23(33)18-29-9-11-30(12-10-29)19-25-27-24(20-35-25)26(34)32-15-13-31(14-16-32)22-7-5-4-6-8-22/h4-8,20-21,23,33H,9-19H2,1-3H3. The van der Waals surface area contributed by atoms with Gasteiger partial charge in [-0.05, 0) is 33.0 Å². The molecule has 2 aromatic rings. The lowest BCUT2D eigenvalue weighted by atomic mass is 10.2. The van der Waals surface area contributed by atoms with Gasteiger partial charge in [0.15, 0.2) is 5.69 Å². The maximum atomic E-state index is 12.9. The highest BCUT2D eigenvalue weighted by Gasteiger charge is 2.26. The van der Waals surface area contributed by atoms with Crippen LogP contribution >= 0.6 is 0 Å². The van der Waals surface area contributed by atoms with Gasteiger partial charge in [0.2, 0.25) is 5.89 Å². The number of likely N-dealkylation sites (N-methyl/N-ethyl adjacent to an activating group) is 1. The van der Waals surface area contributed by atoms with Crippen LogP contribution in [0.2, 0.25) is 0 Å². The molecule has 1 N–H and O–H groups in total. The highest BCUT2D eigenvalue weighted by Crippen LogP contribution is 2.17. The zero-order chi connectivity index (χ0) is 24.8. The molecule has 4 rings (SSSR count). The minimum absolute atomic E-state index is 0.0575. The van der Waals surface area contributed by atoms with E-state index in [4.69, 9.17) is 4.42 Å². The molecular formula is C26H40N6O3. The van der Waals surface area contributed by atoms with Crippen molar-refractivity contribution in [3.63, 3.8) is 0 Å². The number of β-amino-alcohol motifs (C(OH)–C–C–N with tert-alkyl or cyclic N) is 1. The monoisotopic (exact) mass is 484 g/mol. The van der Waals surface area contributed by atoms with Gasteiger partial charge in [-0.15, -0.1) is 0 Å². The summed E-state index contributed by atoms with van der Waals surface area (Å²) in [7, 11) is 2.05. The van der Waals surface area contributed by atoms with Crippen molar-refractivity contribution in [1.29, 1.82) is 0 Å². The number of piperazine rings is 2. The number of carbonyl (C=O) groups excluding carboxylic acids is 1. The number of rotatable bonds is 9. The number of aliphatic hydroxyl groups is 1. The van der Waals surface area contributed by atoms with E-state index in [0.717, 1.165) is 39.3 Å². The third-order valence-electron chi connectivity index (χ3n) is 7.13. The molecule has 35 heavy (non-hydrogen) atoms. The minimum Gasteiger partial charge on any atom is -0.447 e. The molecule has 1 atom stereocenters. The van der Waals surface area contributed by atoms with Crippen molar-refractivity contribution >= 4 is 11.6 Å². The number of amides is 1. The molecule has 1 aromatic carbocycles. The second-order valence-corrected chi connectivity index (χ2v) is 10.0. The topological polar surface area (TPSA) is 79.5 Å². The molecule has 2 fully saturated rings. The van der Waals surface area contributed by atoms with Crippen LogP contribution in [0.3, 0.4) is 0 Å². The summed E-state index contributed by atoms with van der Waals surface area (Å²) in [6, 6.07) is 10.7. The molecule has 9 heteroatoms.